The molecule has 1 amide bonds. The van der Waals surface area contributed by atoms with Gasteiger partial charge in [0.1, 0.15) is 5.75 Å². The number of aliphatic hydroxyl groups is 2. The van der Waals surface area contributed by atoms with Crippen LogP contribution in [0.2, 0.25) is 0 Å². The van der Waals surface area contributed by atoms with Crippen LogP contribution in [0.3, 0.4) is 0 Å². The molecule has 0 saturated carbocycles. The summed E-state index contributed by atoms with van der Waals surface area (Å²) in [6, 6.07) is 5.40. The predicted octanol–water partition coefficient (Wildman–Crippen LogP) is 1.24. The number of benzene rings is 1. The molecular formula is C19H30N2O4. The Kier molecular flexibility index (Phi) is 8.18. The minimum atomic E-state index is -0.938. The number of carbonyl (C=O) groups is 1. The second-order valence-corrected chi connectivity index (χ2v) is 6.71. The van der Waals surface area contributed by atoms with Crippen molar-refractivity contribution < 1.29 is 19.7 Å². The first-order valence-electron chi connectivity index (χ1n) is 9.11. The minimum Gasteiger partial charge on any atom is -0.494 e. The topological polar surface area (TPSA) is 90.8 Å². The zero-order valence-electron chi connectivity index (χ0n) is 15.0. The van der Waals surface area contributed by atoms with Crippen molar-refractivity contribution in [1.29, 1.82) is 0 Å². The molecule has 1 heterocycles. The first kappa shape index (κ1) is 19.7. The summed E-state index contributed by atoms with van der Waals surface area (Å²) < 4.78 is 5.81. The molecule has 6 nitrogen and oxygen atoms in total. The van der Waals surface area contributed by atoms with Crippen LogP contribution in [0, 0.1) is 12.8 Å². The Morgan fingerprint density at radius 2 is 2.16 bits per heavy atom. The number of aryl methyl sites for hydroxylation is 1. The zero-order valence-corrected chi connectivity index (χ0v) is 15.0. The van der Waals surface area contributed by atoms with Crippen LogP contribution in [0.25, 0.3) is 0 Å². The van der Waals surface area contributed by atoms with Crippen LogP contribution < -0.4 is 15.4 Å². The quantitative estimate of drug-likeness (QED) is 0.503. The molecule has 1 fully saturated rings. The molecule has 0 spiro atoms. The average Bonchev–Trinajstić information content (AvgIpc) is 2.64. The standard InChI is InChI=1S/C19H30N2O4/c1-14-11-17(25-10-2-3-15-6-8-20-9-7-15)4-5-18(14)19(24)21-12-16(23)13-22/h4-5,11,15-16,20,22-23H,2-3,6-10,12-13H2,1H3,(H,21,24)/t16-/m0/s1. The van der Waals surface area contributed by atoms with Gasteiger partial charge in [0.2, 0.25) is 0 Å². The Labute approximate surface area is 149 Å². The third-order valence-electron chi connectivity index (χ3n) is 4.64. The lowest BCUT2D eigenvalue weighted by molar-refractivity contribution is 0.0801. The zero-order chi connectivity index (χ0) is 18.1. The first-order chi connectivity index (χ1) is 12.1. The molecule has 1 aliphatic heterocycles. The largest absolute Gasteiger partial charge is 0.494 e. The van der Waals surface area contributed by atoms with Gasteiger partial charge in [-0.2, -0.15) is 0 Å². The van der Waals surface area contributed by atoms with Crippen molar-refractivity contribution in [2.75, 3.05) is 32.8 Å². The average molecular weight is 350 g/mol. The smallest absolute Gasteiger partial charge is 0.251 e. The van der Waals surface area contributed by atoms with Crippen LogP contribution in [0.5, 0.6) is 5.75 Å². The fraction of sp³-hybridized carbons (Fsp3) is 0.632. The Bertz CT molecular complexity index is 544. The van der Waals surface area contributed by atoms with E-state index in [4.69, 9.17) is 9.84 Å². The van der Waals surface area contributed by atoms with Gasteiger partial charge in [0.05, 0.1) is 19.3 Å². The second-order valence-electron chi connectivity index (χ2n) is 6.71. The molecule has 6 heteroatoms. The fourth-order valence-corrected chi connectivity index (χ4v) is 3.08. The van der Waals surface area contributed by atoms with Gasteiger partial charge in [-0.05, 0) is 75.4 Å². The first-order valence-corrected chi connectivity index (χ1v) is 9.11. The summed E-state index contributed by atoms with van der Waals surface area (Å²) >= 11 is 0. The predicted molar refractivity (Wildman–Crippen MR) is 96.9 cm³/mol. The van der Waals surface area contributed by atoms with E-state index < -0.39 is 6.10 Å². The molecular weight excluding hydrogens is 320 g/mol. The summed E-state index contributed by atoms with van der Waals surface area (Å²) in [6.45, 7) is 4.47. The van der Waals surface area contributed by atoms with Crippen molar-refractivity contribution in [3.8, 4) is 5.75 Å². The van der Waals surface area contributed by atoms with Crippen LogP contribution in [0.15, 0.2) is 18.2 Å². The van der Waals surface area contributed by atoms with Gasteiger partial charge in [-0.15, -0.1) is 0 Å². The van der Waals surface area contributed by atoms with E-state index in [1.54, 1.807) is 12.1 Å². The number of carbonyl (C=O) groups excluding carboxylic acids is 1. The Morgan fingerprint density at radius 1 is 1.40 bits per heavy atom. The molecule has 1 aliphatic rings. The van der Waals surface area contributed by atoms with Crippen LogP contribution in [0.4, 0.5) is 0 Å². The van der Waals surface area contributed by atoms with E-state index >= 15 is 0 Å². The maximum absolute atomic E-state index is 12.1. The molecule has 0 radical (unpaired) electrons. The van der Waals surface area contributed by atoms with E-state index in [0.717, 1.165) is 36.7 Å². The highest BCUT2D eigenvalue weighted by Gasteiger charge is 2.13. The lowest BCUT2D eigenvalue weighted by Crippen LogP contribution is -2.34. The summed E-state index contributed by atoms with van der Waals surface area (Å²) in [5.74, 6) is 1.32. The van der Waals surface area contributed by atoms with Crippen molar-refractivity contribution in [1.82, 2.24) is 10.6 Å². The fourth-order valence-electron chi connectivity index (χ4n) is 3.08. The van der Waals surface area contributed by atoms with Gasteiger partial charge in [-0.1, -0.05) is 0 Å². The van der Waals surface area contributed by atoms with Crippen LogP contribution in [-0.4, -0.2) is 55.1 Å². The molecule has 1 aromatic rings. The van der Waals surface area contributed by atoms with E-state index in [1.165, 1.54) is 19.3 Å². The number of ether oxygens (including phenoxy) is 1. The second kappa shape index (κ2) is 10.4. The van der Waals surface area contributed by atoms with Crippen LogP contribution in [-0.2, 0) is 0 Å². The van der Waals surface area contributed by atoms with Gasteiger partial charge < -0.3 is 25.6 Å². The third-order valence-corrected chi connectivity index (χ3v) is 4.64. The molecule has 140 valence electrons. The van der Waals surface area contributed by atoms with Crippen LogP contribution >= 0.6 is 0 Å². The molecule has 0 bridgehead atoms. The maximum Gasteiger partial charge on any atom is 0.251 e. The number of aliphatic hydroxyl groups excluding tert-OH is 2. The molecule has 1 atom stereocenters. The Morgan fingerprint density at radius 3 is 2.84 bits per heavy atom. The molecule has 25 heavy (non-hydrogen) atoms. The van der Waals surface area contributed by atoms with Gasteiger partial charge >= 0.3 is 0 Å². The summed E-state index contributed by atoms with van der Waals surface area (Å²) in [4.78, 5) is 12.1. The molecule has 0 aliphatic carbocycles. The van der Waals surface area contributed by atoms with Crippen molar-refractivity contribution >= 4 is 5.91 Å². The van der Waals surface area contributed by atoms with Crippen LogP contribution in [0.1, 0.15) is 41.6 Å². The van der Waals surface area contributed by atoms with E-state index in [1.807, 2.05) is 13.0 Å². The number of rotatable bonds is 9. The van der Waals surface area contributed by atoms with Crippen molar-refractivity contribution in [3.05, 3.63) is 29.3 Å². The lowest BCUT2D eigenvalue weighted by atomic mass is 9.93. The van der Waals surface area contributed by atoms with E-state index in [9.17, 15) is 9.90 Å². The number of amides is 1. The highest BCUT2D eigenvalue weighted by atomic mass is 16.5. The summed E-state index contributed by atoms with van der Waals surface area (Å²) in [7, 11) is 0. The van der Waals surface area contributed by atoms with Gasteiger partial charge in [0.15, 0.2) is 0 Å². The lowest BCUT2D eigenvalue weighted by Gasteiger charge is -2.22. The minimum absolute atomic E-state index is 0.0315. The molecule has 1 saturated heterocycles. The monoisotopic (exact) mass is 350 g/mol. The molecule has 0 aromatic heterocycles. The summed E-state index contributed by atoms with van der Waals surface area (Å²) in [6.07, 6.45) is 3.83. The summed E-state index contributed by atoms with van der Waals surface area (Å²) in [5, 5.41) is 24.1. The molecule has 1 aromatic carbocycles. The van der Waals surface area contributed by atoms with Crippen molar-refractivity contribution in [2.45, 2.75) is 38.7 Å². The highest BCUT2D eigenvalue weighted by Crippen LogP contribution is 2.20. The Hall–Kier alpha value is -1.63. The number of hydrogen-bond acceptors (Lipinski definition) is 5. The molecule has 4 N–H and O–H groups in total. The normalized spacial score (nSPS) is 16.4. The third kappa shape index (κ3) is 6.65. The van der Waals surface area contributed by atoms with E-state index in [2.05, 4.69) is 10.6 Å². The van der Waals surface area contributed by atoms with E-state index in [0.29, 0.717) is 12.2 Å². The van der Waals surface area contributed by atoms with Crippen molar-refractivity contribution in [3.63, 3.8) is 0 Å². The number of piperidine rings is 1. The van der Waals surface area contributed by atoms with E-state index in [-0.39, 0.29) is 19.1 Å². The van der Waals surface area contributed by atoms with Gasteiger partial charge in [0, 0.05) is 12.1 Å². The maximum atomic E-state index is 12.1. The van der Waals surface area contributed by atoms with Crippen molar-refractivity contribution in [2.24, 2.45) is 5.92 Å². The van der Waals surface area contributed by atoms with Gasteiger partial charge in [-0.25, -0.2) is 0 Å². The molecule has 2 rings (SSSR count). The highest BCUT2D eigenvalue weighted by molar-refractivity contribution is 5.95. The SMILES string of the molecule is Cc1cc(OCCCC2CCNCC2)ccc1C(=O)NC[C@H](O)CO. The molecule has 0 unspecified atom stereocenters. The van der Waals surface area contributed by atoms with Gasteiger partial charge in [0.25, 0.3) is 5.91 Å². The van der Waals surface area contributed by atoms with Gasteiger partial charge in [-0.3, -0.25) is 4.79 Å². The number of nitrogens with one attached hydrogen (secondary N) is 2. The number of hydrogen-bond donors (Lipinski definition) is 4. The Balaban J connectivity index is 1.75. The summed E-state index contributed by atoms with van der Waals surface area (Å²) in [5.41, 5.74) is 1.37.